The Labute approximate surface area is 122 Å². The molecule has 2 rings (SSSR count). The van der Waals surface area contributed by atoms with Gasteiger partial charge in [-0.1, -0.05) is 25.1 Å². The molecule has 0 bridgehead atoms. The Kier molecular flexibility index (Phi) is 4.61. The fraction of sp³-hybridized carbons (Fsp3) is 0.200. The number of para-hydroxylation sites is 3. The van der Waals surface area contributed by atoms with Gasteiger partial charge in [-0.3, -0.25) is 10.1 Å². The van der Waals surface area contributed by atoms with E-state index in [4.69, 9.17) is 15.2 Å². The molecule has 0 heterocycles. The van der Waals surface area contributed by atoms with Crippen LogP contribution in [0.2, 0.25) is 0 Å². The highest BCUT2D eigenvalue weighted by Gasteiger charge is 2.20. The van der Waals surface area contributed by atoms with E-state index in [-0.39, 0.29) is 17.1 Å². The lowest BCUT2D eigenvalue weighted by Crippen LogP contribution is -2.00. The fourth-order valence-electron chi connectivity index (χ4n) is 1.80. The van der Waals surface area contributed by atoms with Crippen molar-refractivity contribution < 1.29 is 14.4 Å². The first-order valence-electron chi connectivity index (χ1n) is 6.56. The van der Waals surface area contributed by atoms with Gasteiger partial charge in [-0.2, -0.15) is 0 Å². The molecule has 0 aromatic heterocycles. The molecule has 2 N–H and O–H groups in total. The van der Waals surface area contributed by atoms with Crippen molar-refractivity contribution >= 4 is 11.4 Å². The van der Waals surface area contributed by atoms with E-state index < -0.39 is 4.92 Å². The van der Waals surface area contributed by atoms with E-state index in [1.807, 2.05) is 13.0 Å². The second-order valence-corrected chi connectivity index (χ2v) is 4.35. The Balaban J connectivity index is 2.35. The summed E-state index contributed by atoms with van der Waals surface area (Å²) >= 11 is 0. The number of ether oxygens (including phenoxy) is 2. The summed E-state index contributed by atoms with van der Waals surface area (Å²) < 4.78 is 11.2. The topological polar surface area (TPSA) is 87.6 Å². The number of hydrogen-bond acceptors (Lipinski definition) is 5. The van der Waals surface area contributed by atoms with Crippen molar-refractivity contribution in [3.8, 4) is 17.2 Å². The molecule has 0 spiro atoms. The standard InChI is InChI=1S/C15H16N2O4/c1-2-10-20-12-7-3-4-8-13(12)21-14-9-5-6-11(16)15(14)17(18)19/h3-9H,2,10,16H2,1H3. The van der Waals surface area contributed by atoms with Crippen molar-refractivity contribution in [2.75, 3.05) is 12.3 Å². The van der Waals surface area contributed by atoms with Gasteiger partial charge in [-0.05, 0) is 30.7 Å². The van der Waals surface area contributed by atoms with Gasteiger partial charge in [0.25, 0.3) is 0 Å². The van der Waals surface area contributed by atoms with Crippen LogP contribution in [0.5, 0.6) is 17.2 Å². The number of benzene rings is 2. The van der Waals surface area contributed by atoms with E-state index in [9.17, 15) is 10.1 Å². The summed E-state index contributed by atoms with van der Waals surface area (Å²) in [5.41, 5.74) is 5.45. The minimum absolute atomic E-state index is 0.0597. The van der Waals surface area contributed by atoms with Crippen LogP contribution in [-0.2, 0) is 0 Å². The van der Waals surface area contributed by atoms with Crippen LogP contribution in [0.25, 0.3) is 0 Å². The predicted octanol–water partition coefficient (Wildman–Crippen LogP) is 3.76. The molecule has 0 saturated carbocycles. The smallest absolute Gasteiger partial charge is 0.334 e. The molecule has 0 fully saturated rings. The third-order valence-corrected chi connectivity index (χ3v) is 2.74. The van der Waals surface area contributed by atoms with Gasteiger partial charge in [0.1, 0.15) is 5.69 Å². The summed E-state index contributed by atoms with van der Waals surface area (Å²) in [5.74, 6) is 1.04. The van der Waals surface area contributed by atoms with Crippen molar-refractivity contribution in [1.82, 2.24) is 0 Å². The Morgan fingerprint density at radius 1 is 1.10 bits per heavy atom. The summed E-state index contributed by atoms with van der Waals surface area (Å²) in [4.78, 5) is 10.5. The van der Waals surface area contributed by atoms with Crippen molar-refractivity contribution in [3.63, 3.8) is 0 Å². The first-order valence-corrected chi connectivity index (χ1v) is 6.56. The highest BCUT2D eigenvalue weighted by Crippen LogP contribution is 2.38. The summed E-state index contributed by atoms with van der Waals surface area (Å²) in [6.07, 6.45) is 0.854. The Morgan fingerprint density at radius 3 is 2.43 bits per heavy atom. The van der Waals surface area contributed by atoms with E-state index in [1.165, 1.54) is 12.1 Å². The Morgan fingerprint density at radius 2 is 1.76 bits per heavy atom. The maximum absolute atomic E-state index is 11.1. The maximum Gasteiger partial charge on any atom is 0.334 e. The van der Waals surface area contributed by atoms with Gasteiger partial charge in [0.15, 0.2) is 11.5 Å². The second kappa shape index (κ2) is 6.60. The van der Waals surface area contributed by atoms with Crippen LogP contribution in [0.3, 0.4) is 0 Å². The zero-order chi connectivity index (χ0) is 15.2. The fourth-order valence-corrected chi connectivity index (χ4v) is 1.80. The number of nitrogen functional groups attached to an aromatic ring is 1. The summed E-state index contributed by atoms with van der Waals surface area (Å²) in [6, 6.07) is 11.6. The van der Waals surface area contributed by atoms with Crippen molar-refractivity contribution in [1.29, 1.82) is 0 Å². The lowest BCUT2D eigenvalue weighted by molar-refractivity contribution is -0.384. The molecule has 6 nitrogen and oxygen atoms in total. The highest BCUT2D eigenvalue weighted by atomic mass is 16.6. The van der Waals surface area contributed by atoms with Crippen molar-refractivity contribution in [2.24, 2.45) is 0 Å². The van der Waals surface area contributed by atoms with Crippen LogP contribution >= 0.6 is 0 Å². The van der Waals surface area contributed by atoms with E-state index in [1.54, 1.807) is 24.3 Å². The van der Waals surface area contributed by atoms with Crippen molar-refractivity contribution in [2.45, 2.75) is 13.3 Å². The quantitative estimate of drug-likeness (QED) is 0.496. The Hall–Kier alpha value is -2.76. The van der Waals surface area contributed by atoms with Gasteiger partial charge in [0.2, 0.25) is 5.75 Å². The van der Waals surface area contributed by atoms with E-state index in [2.05, 4.69) is 0 Å². The molecule has 0 unspecified atom stereocenters. The molecule has 0 amide bonds. The molecule has 0 aliphatic heterocycles. The minimum Gasteiger partial charge on any atom is -0.490 e. The molecule has 6 heteroatoms. The van der Waals surface area contributed by atoms with Gasteiger partial charge in [-0.15, -0.1) is 0 Å². The number of nitro benzene ring substituents is 1. The SMILES string of the molecule is CCCOc1ccccc1Oc1cccc(N)c1[N+](=O)[O-]. The molecule has 0 aliphatic carbocycles. The first-order chi connectivity index (χ1) is 10.1. The van der Waals surface area contributed by atoms with Gasteiger partial charge in [0, 0.05) is 0 Å². The lowest BCUT2D eigenvalue weighted by Gasteiger charge is -2.12. The molecule has 0 saturated heterocycles. The molecule has 0 aliphatic rings. The normalized spacial score (nSPS) is 10.1. The summed E-state index contributed by atoms with van der Waals surface area (Å²) in [5, 5.41) is 11.1. The molecule has 0 radical (unpaired) electrons. The van der Waals surface area contributed by atoms with Gasteiger partial charge in [0.05, 0.1) is 11.5 Å². The van der Waals surface area contributed by atoms with Gasteiger partial charge in [-0.25, -0.2) is 0 Å². The number of nitrogens with two attached hydrogens (primary N) is 1. The van der Waals surface area contributed by atoms with Gasteiger partial charge >= 0.3 is 5.69 Å². The van der Waals surface area contributed by atoms with Crippen LogP contribution in [0.15, 0.2) is 42.5 Å². The van der Waals surface area contributed by atoms with Crippen molar-refractivity contribution in [3.05, 3.63) is 52.6 Å². The lowest BCUT2D eigenvalue weighted by atomic mass is 10.2. The largest absolute Gasteiger partial charge is 0.490 e. The molecule has 21 heavy (non-hydrogen) atoms. The molecular formula is C15H16N2O4. The monoisotopic (exact) mass is 288 g/mol. The first kappa shape index (κ1) is 14.6. The molecule has 2 aromatic rings. The summed E-state index contributed by atoms with van der Waals surface area (Å²) in [7, 11) is 0. The minimum atomic E-state index is -0.555. The average Bonchev–Trinajstić information content (AvgIpc) is 2.46. The maximum atomic E-state index is 11.1. The number of anilines is 1. The van der Waals surface area contributed by atoms with Gasteiger partial charge < -0.3 is 15.2 Å². The molecule has 0 atom stereocenters. The molecular weight excluding hydrogens is 272 g/mol. The molecule has 110 valence electrons. The van der Waals surface area contributed by atoms with E-state index >= 15 is 0 Å². The van der Waals surface area contributed by atoms with E-state index in [0.29, 0.717) is 18.1 Å². The van der Waals surface area contributed by atoms with Crippen LogP contribution in [0.1, 0.15) is 13.3 Å². The number of rotatable bonds is 6. The second-order valence-electron chi connectivity index (χ2n) is 4.35. The van der Waals surface area contributed by atoms with Crippen LogP contribution in [0.4, 0.5) is 11.4 Å². The Bertz CT molecular complexity index is 643. The molecule has 2 aromatic carbocycles. The zero-order valence-electron chi connectivity index (χ0n) is 11.6. The number of nitro groups is 1. The average molecular weight is 288 g/mol. The predicted molar refractivity (Wildman–Crippen MR) is 79.8 cm³/mol. The summed E-state index contributed by atoms with van der Waals surface area (Å²) in [6.45, 7) is 2.53. The van der Waals surface area contributed by atoms with Crippen LogP contribution in [0, 0.1) is 10.1 Å². The zero-order valence-corrected chi connectivity index (χ0v) is 11.6. The third-order valence-electron chi connectivity index (χ3n) is 2.74. The third kappa shape index (κ3) is 3.42. The number of hydrogen-bond donors (Lipinski definition) is 1. The van der Waals surface area contributed by atoms with Crippen LogP contribution < -0.4 is 15.2 Å². The van der Waals surface area contributed by atoms with Crippen LogP contribution in [-0.4, -0.2) is 11.5 Å². The highest BCUT2D eigenvalue weighted by molar-refractivity contribution is 5.66. The number of nitrogens with zero attached hydrogens (tertiary/aromatic N) is 1. The van der Waals surface area contributed by atoms with E-state index in [0.717, 1.165) is 6.42 Å².